The third kappa shape index (κ3) is 5.88. The first kappa shape index (κ1) is 22.8. The van der Waals surface area contributed by atoms with Crippen LogP contribution in [0.1, 0.15) is 21.5 Å². The molecule has 0 unspecified atom stereocenters. The molecule has 1 aromatic heterocycles. The summed E-state index contributed by atoms with van der Waals surface area (Å²) in [5, 5.41) is 8.03. The molecule has 0 atom stereocenters. The van der Waals surface area contributed by atoms with Gasteiger partial charge < -0.3 is 10.1 Å². The molecular weight excluding hydrogens is 471 g/mol. The van der Waals surface area contributed by atoms with Crippen molar-refractivity contribution in [3.05, 3.63) is 111 Å². The molecule has 0 bridgehead atoms. The molecule has 3 aromatic carbocycles. The number of benzene rings is 3. The highest BCUT2D eigenvalue weighted by molar-refractivity contribution is 6.42. The van der Waals surface area contributed by atoms with Crippen LogP contribution in [0.15, 0.2) is 72.9 Å². The lowest BCUT2D eigenvalue weighted by Crippen LogP contribution is -2.13. The van der Waals surface area contributed by atoms with Crippen molar-refractivity contribution in [3.8, 4) is 5.75 Å². The first-order valence-corrected chi connectivity index (χ1v) is 10.6. The van der Waals surface area contributed by atoms with E-state index in [0.717, 1.165) is 17.7 Å². The Hall–Kier alpha value is -3.42. The minimum absolute atomic E-state index is 0.0158. The number of carbonyl (C=O) groups is 1. The van der Waals surface area contributed by atoms with Crippen LogP contribution >= 0.6 is 23.2 Å². The maximum atomic E-state index is 13.7. The Morgan fingerprint density at radius 2 is 1.82 bits per heavy atom. The topological polar surface area (TPSA) is 56.2 Å². The molecule has 0 aliphatic carbocycles. The fourth-order valence-corrected chi connectivity index (χ4v) is 3.41. The van der Waals surface area contributed by atoms with E-state index in [9.17, 15) is 13.6 Å². The quantitative estimate of drug-likeness (QED) is 0.330. The highest BCUT2D eigenvalue weighted by atomic mass is 35.5. The fourth-order valence-electron chi connectivity index (χ4n) is 3.09. The number of ether oxygens (including phenoxy) is 1. The van der Waals surface area contributed by atoms with Crippen molar-refractivity contribution in [1.82, 2.24) is 9.78 Å². The Labute approximate surface area is 198 Å². The minimum atomic E-state index is -0.791. The van der Waals surface area contributed by atoms with Crippen molar-refractivity contribution in [2.45, 2.75) is 13.2 Å². The minimum Gasteiger partial charge on any atom is -0.486 e. The van der Waals surface area contributed by atoms with E-state index in [-0.39, 0.29) is 18.3 Å². The average molecular weight is 488 g/mol. The zero-order chi connectivity index (χ0) is 23.4. The summed E-state index contributed by atoms with van der Waals surface area (Å²) in [6, 6.07) is 16.8. The Morgan fingerprint density at radius 1 is 0.970 bits per heavy atom. The molecule has 1 N–H and O–H groups in total. The lowest BCUT2D eigenvalue weighted by molar-refractivity contribution is 0.102. The molecule has 9 heteroatoms. The summed E-state index contributed by atoms with van der Waals surface area (Å²) >= 11 is 12.0. The van der Waals surface area contributed by atoms with Crippen LogP contribution in [0, 0.1) is 11.6 Å². The first-order valence-electron chi connectivity index (χ1n) is 9.83. The van der Waals surface area contributed by atoms with E-state index >= 15 is 0 Å². The highest BCUT2D eigenvalue weighted by Crippen LogP contribution is 2.23. The van der Waals surface area contributed by atoms with E-state index in [1.54, 1.807) is 53.3 Å². The summed E-state index contributed by atoms with van der Waals surface area (Å²) in [5.41, 5.74) is 1.95. The van der Waals surface area contributed by atoms with Gasteiger partial charge in [-0.05, 0) is 47.5 Å². The normalized spacial score (nSPS) is 10.8. The van der Waals surface area contributed by atoms with E-state index < -0.39 is 11.6 Å². The first-order chi connectivity index (χ1) is 15.9. The van der Waals surface area contributed by atoms with E-state index in [1.807, 2.05) is 6.07 Å². The van der Waals surface area contributed by atoms with Crippen molar-refractivity contribution in [3.63, 3.8) is 0 Å². The summed E-state index contributed by atoms with van der Waals surface area (Å²) in [6.45, 7) is 0.474. The van der Waals surface area contributed by atoms with Gasteiger partial charge in [0.1, 0.15) is 12.4 Å². The molecule has 0 fully saturated rings. The lowest BCUT2D eigenvalue weighted by atomic mass is 10.1. The van der Waals surface area contributed by atoms with Gasteiger partial charge in [-0.25, -0.2) is 8.78 Å². The molecule has 0 aliphatic heterocycles. The van der Waals surface area contributed by atoms with Gasteiger partial charge in [-0.1, -0.05) is 41.4 Å². The molecule has 0 saturated heterocycles. The van der Waals surface area contributed by atoms with E-state index in [4.69, 9.17) is 27.9 Å². The van der Waals surface area contributed by atoms with Crippen LogP contribution in [0.4, 0.5) is 14.6 Å². The van der Waals surface area contributed by atoms with Gasteiger partial charge >= 0.3 is 0 Å². The number of nitrogens with one attached hydrogen (secondary N) is 1. The average Bonchev–Trinajstić information content (AvgIpc) is 3.22. The van der Waals surface area contributed by atoms with Crippen LogP contribution in [-0.4, -0.2) is 15.7 Å². The third-order valence-corrected chi connectivity index (χ3v) is 5.43. The largest absolute Gasteiger partial charge is 0.486 e. The highest BCUT2D eigenvalue weighted by Gasteiger charge is 2.11. The van der Waals surface area contributed by atoms with Gasteiger partial charge in [-0.3, -0.25) is 9.48 Å². The number of nitrogens with zero attached hydrogens (tertiary/aromatic N) is 2. The predicted octanol–water partition coefficient (Wildman–Crippen LogP) is 6.35. The van der Waals surface area contributed by atoms with Gasteiger partial charge in [0.25, 0.3) is 5.91 Å². The molecule has 0 radical (unpaired) electrons. The number of hydrogen-bond donors (Lipinski definition) is 1. The zero-order valence-corrected chi connectivity index (χ0v) is 18.6. The summed E-state index contributed by atoms with van der Waals surface area (Å²) < 4.78 is 33.8. The molecule has 5 nitrogen and oxygen atoms in total. The van der Waals surface area contributed by atoms with Gasteiger partial charge in [0.05, 0.1) is 16.6 Å². The number of amides is 1. The van der Waals surface area contributed by atoms with Crippen LogP contribution in [-0.2, 0) is 13.2 Å². The smallest absolute Gasteiger partial charge is 0.256 e. The number of halogens is 4. The van der Waals surface area contributed by atoms with Gasteiger partial charge in [0.2, 0.25) is 0 Å². The monoisotopic (exact) mass is 487 g/mol. The van der Waals surface area contributed by atoms with Crippen LogP contribution in [0.3, 0.4) is 0 Å². The Bertz CT molecular complexity index is 1310. The summed E-state index contributed by atoms with van der Waals surface area (Å²) in [4.78, 5) is 12.6. The molecule has 4 rings (SSSR count). The predicted molar refractivity (Wildman–Crippen MR) is 123 cm³/mol. The van der Waals surface area contributed by atoms with Crippen LogP contribution in [0.25, 0.3) is 0 Å². The molecular formula is C24H17Cl2F2N3O2. The van der Waals surface area contributed by atoms with Crippen molar-refractivity contribution in [2.75, 3.05) is 5.32 Å². The Kier molecular flexibility index (Phi) is 6.91. The fraction of sp³-hybridized carbons (Fsp3) is 0.0833. The summed E-state index contributed by atoms with van der Waals surface area (Å²) in [5.74, 6) is -1.52. The molecule has 33 heavy (non-hydrogen) atoms. The third-order valence-electron chi connectivity index (χ3n) is 4.69. The van der Waals surface area contributed by atoms with Crippen molar-refractivity contribution < 1.29 is 18.3 Å². The summed E-state index contributed by atoms with van der Waals surface area (Å²) in [6.07, 6.45) is 1.74. The van der Waals surface area contributed by atoms with E-state index in [0.29, 0.717) is 33.5 Å². The second kappa shape index (κ2) is 10.0. The standard InChI is InChI=1S/C24H17Cl2F2N3O2/c25-19-6-4-15(11-20(19)26)13-31-9-8-23(30-31)29-24(32)17-3-1-2-16(10-17)14-33-22-7-5-18(27)12-21(22)28/h1-12H,13-14H2,(H,29,30,32). The Morgan fingerprint density at radius 3 is 2.61 bits per heavy atom. The summed E-state index contributed by atoms with van der Waals surface area (Å²) in [7, 11) is 0. The van der Waals surface area contributed by atoms with E-state index in [1.165, 1.54) is 6.07 Å². The van der Waals surface area contributed by atoms with Gasteiger partial charge in [0, 0.05) is 23.9 Å². The SMILES string of the molecule is O=C(Nc1ccn(Cc2ccc(Cl)c(Cl)c2)n1)c1cccc(COc2ccc(F)cc2F)c1. The molecule has 1 amide bonds. The molecule has 0 spiro atoms. The zero-order valence-electron chi connectivity index (χ0n) is 17.1. The maximum Gasteiger partial charge on any atom is 0.256 e. The number of anilines is 1. The second-order valence-corrected chi connectivity index (χ2v) is 7.98. The second-order valence-electron chi connectivity index (χ2n) is 7.16. The van der Waals surface area contributed by atoms with Gasteiger partial charge in [0.15, 0.2) is 17.4 Å². The van der Waals surface area contributed by atoms with Gasteiger partial charge in [-0.15, -0.1) is 0 Å². The number of rotatable bonds is 7. The Balaban J connectivity index is 1.38. The molecule has 168 valence electrons. The van der Waals surface area contributed by atoms with Crippen LogP contribution in [0.2, 0.25) is 10.0 Å². The van der Waals surface area contributed by atoms with Crippen molar-refractivity contribution in [2.24, 2.45) is 0 Å². The lowest BCUT2D eigenvalue weighted by Gasteiger charge is -2.09. The number of hydrogen-bond acceptors (Lipinski definition) is 3. The molecule has 0 aliphatic rings. The van der Waals surface area contributed by atoms with Crippen molar-refractivity contribution >= 4 is 34.9 Å². The number of aromatic nitrogens is 2. The number of carbonyl (C=O) groups excluding carboxylic acids is 1. The molecule has 4 aromatic rings. The van der Waals surface area contributed by atoms with Crippen LogP contribution < -0.4 is 10.1 Å². The molecule has 0 saturated carbocycles. The van der Waals surface area contributed by atoms with Crippen LogP contribution in [0.5, 0.6) is 5.75 Å². The van der Waals surface area contributed by atoms with E-state index in [2.05, 4.69) is 10.4 Å². The molecule has 1 heterocycles. The van der Waals surface area contributed by atoms with Crippen molar-refractivity contribution in [1.29, 1.82) is 0 Å². The van der Waals surface area contributed by atoms with Gasteiger partial charge in [-0.2, -0.15) is 5.10 Å². The maximum absolute atomic E-state index is 13.7.